The summed E-state index contributed by atoms with van der Waals surface area (Å²) in [7, 11) is 0. The second kappa shape index (κ2) is 10.0. The molecule has 0 bridgehead atoms. The van der Waals surface area contributed by atoms with Gasteiger partial charge in [0.2, 0.25) is 0 Å². The van der Waals surface area contributed by atoms with Gasteiger partial charge in [-0.2, -0.15) is 0 Å². The lowest BCUT2D eigenvalue weighted by atomic mass is 10.0. The Hall–Kier alpha value is -1.78. The second-order valence-corrected chi connectivity index (χ2v) is 4.83. The largest absolute Gasteiger partial charge is 0.462 e. The van der Waals surface area contributed by atoms with Gasteiger partial charge in [-0.15, -0.1) is 0 Å². The minimum atomic E-state index is -0.658. The van der Waals surface area contributed by atoms with Gasteiger partial charge >= 0.3 is 11.9 Å². The second-order valence-electron chi connectivity index (χ2n) is 4.83. The fraction of sp³-hybridized carbons (Fsp3) is 0.625. The lowest BCUT2D eigenvalue weighted by Crippen LogP contribution is -2.21. The molecule has 0 heterocycles. The molecule has 0 saturated carbocycles. The molecular weight excluding hydrogens is 270 g/mol. The molecule has 0 saturated heterocycles. The molecule has 1 aliphatic rings. The maximum atomic E-state index is 11.8. The number of rotatable bonds is 6. The predicted octanol–water partition coefficient (Wildman–Crippen LogP) is 2.82. The van der Waals surface area contributed by atoms with Crippen LogP contribution < -0.4 is 5.32 Å². The summed E-state index contributed by atoms with van der Waals surface area (Å²) in [6.45, 7) is 3.84. The molecule has 0 atom stereocenters. The summed E-state index contributed by atoms with van der Waals surface area (Å²) in [6.07, 6.45) is 10.2. The van der Waals surface area contributed by atoms with Gasteiger partial charge in [0, 0.05) is 11.9 Å². The summed E-state index contributed by atoms with van der Waals surface area (Å²) < 4.78 is 9.78. The third-order valence-corrected chi connectivity index (χ3v) is 3.18. The van der Waals surface area contributed by atoms with E-state index in [0.717, 1.165) is 25.0 Å². The molecule has 0 aliphatic heterocycles. The van der Waals surface area contributed by atoms with Crippen LogP contribution >= 0.6 is 0 Å². The van der Waals surface area contributed by atoms with E-state index in [1.165, 1.54) is 25.5 Å². The van der Waals surface area contributed by atoms with Crippen molar-refractivity contribution in [2.45, 2.75) is 52.4 Å². The molecule has 0 fully saturated rings. The SMILES string of the molecule is CCOC(=O)C(=CNC1=CCCCCCC1)C(=O)OCC. The van der Waals surface area contributed by atoms with Gasteiger partial charge in [-0.3, -0.25) is 0 Å². The zero-order valence-corrected chi connectivity index (χ0v) is 12.9. The van der Waals surface area contributed by atoms with Crippen LogP contribution in [0.4, 0.5) is 0 Å². The fourth-order valence-corrected chi connectivity index (χ4v) is 2.11. The van der Waals surface area contributed by atoms with Crippen molar-refractivity contribution in [2.24, 2.45) is 0 Å². The maximum absolute atomic E-state index is 11.8. The summed E-state index contributed by atoms with van der Waals surface area (Å²) in [6, 6.07) is 0. The van der Waals surface area contributed by atoms with Crippen LogP contribution in [0, 0.1) is 0 Å². The van der Waals surface area contributed by atoms with Crippen molar-refractivity contribution in [3.8, 4) is 0 Å². The molecule has 0 aromatic heterocycles. The zero-order chi connectivity index (χ0) is 15.5. The van der Waals surface area contributed by atoms with E-state index >= 15 is 0 Å². The van der Waals surface area contributed by atoms with Crippen molar-refractivity contribution < 1.29 is 19.1 Å². The van der Waals surface area contributed by atoms with Crippen molar-refractivity contribution in [1.82, 2.24) is 5.32 Å². The average Bonchev–Trinajstić information content (AvgIpc) is 2.41. The van der Waals surface area contributed by atoms with E-state index in [4.69, 9.17) is 9.47 Å². The van der Waals surface area contributed by atoms with Crippen LogP contribution in [0.15, 0.2) is 23.5 Å². The standard InChI is InChI=1S/C16H25NO4/c1-3-20-15(18)14(16(19)21-4-2)12-17-13-10-8-6-5-7-9-11-13/h10,12,17H,3-9,11H2,1-2H3. The van der Waals surface area contributed by atoms with Crippen LogP contribution in [0.3, 0.4) is 0 Å². The van der Waals surface area contributed by atoms with E-state index in [2.05, 4.69) is 11.4 Å². The molecule has 0 aromatic rings. The van der Waals surface area contributed by atoms with Crippen LogP contribution in [0.5, 0.6) is 0 Å². The molecule has 0 aromatic carbocycles. The molecule has 0 amide bonds. The molecule has 5 heteroatoms. The monoisotopic (exact) mass is 295 g/mol. The van der Waals surface area contributed by atoms with Crippen LogP contribution in [-0.4, -0.2) is 25.2 Å². The quantitative estimate of drug-likeness (QED) is 0.353. The molecule has 1 aliphatic carbocycles. The molecule has 0 unspecified atom stereocenters. The Morgan fingerprint density at radius 3 is 2.33 bits per heavy atom. The third kappa shape index (κ3) is 6.47. The van der Waals surface area contributed by atoms with Gasteiger partial charge in [0.05, 0.1) is 13.2 Å². The van der Waals surface area contributed by atoms with Crippen molar-refractivity contribution in [3.63, 3.8) is 0 Å². The number of nitrogens with one attached hydrogen (secondary N) is 1. The first kappa shape index (κ1) is 17.3. The maximum Gasteiger partial charge on any atom is 0.347 e. The van der Waals surface area contributed by atoms with E-state index < -0.39 is 11.9 Å². The summed E-state index contributed by atoms with van der Waals surface area (Å²) in [5, 5.41) is 3.07. The van der Waals surface area contributed by atoms with Gasteiger partial charge in [-0.1, -0.05) is 18.9 Å². The van der Waals surface area contributed by atoms with Crippen LogP contribution in [0.1, 0.15) is 52.4 Å². The smallest absolute Gasteiger partial charge is 0.347 e. The molecule has 0 radical (unpaired) electrons. The summed E-state index contributed by atoms with van der Waals surface area (Å²) in [5.41, 5.74) is 0.947. The Morgan fingerprint density at radius 1 is 1.10 bits per heavy atom. The predicted molar refractivity (Wildman–Crippen MR) is 80.3 cm³/mol. The number of allylic oxidation sites excluding steroid dienone is 2. The lowest BCUT2D eigenvalue weighted by Gasteiger charge is -2.12. The first-order chi connectivity index (χ1) is 10.2. The normalized spacial score (nSPS) is 15.0. The Morgan fingerprint density at radius 2 is 1.71 bits per heavy atom. The van der Waals surface area contributed by atoms with Crippen molar-refractivity contribution in [1.29, 1.82) is 0 Å². The number of carbonyl (C=O) groups is 2. The third-order valence-electron chi connectivity index (χ3n) is 3.18. The number of hydrogen-bond donors (Lipinski definition) is 1. The topological polar surface area (TPSA) is 64.6 Å². The van der Waals surface area contributed by atoms with Gasteiger partial charge in [0.1, 0.15) is 0 Å². The first-order valence-corrected chi connectivity index (χ1v) is 7.69. The minimum Gasteiger partial charge on any atom is -0.462 e. The van der Waals surface area contributed by atoms with Crippen molar-refractivity contribution in [3.05, 3.63) is 23.5 Å². The lowest BCUT2D eigenvalue weighted by molar-refractivity contribution is -0.146. The Bertz CT molecular complexity index is 393. The van der Waals surface area contributed by atoms with E-state index in [-0.39, 0.29) is 18.8 Å². The van der Waals surface area contributed by atoms with Crippen LogP contribution in [0.2, 0.25) is 0 Å². The van der Waals surface area contributed by atoms with Crippen LogP contribution in [-0.2, 0) is 19.1 Å². The molecule has 118 valence electrons. The number of esters is 2. The molecule has 1 rings (SSSR count). The molecule has 5 nitrogen and oxygen atoms in total. The van der Waals surface area contributed by atoms with Gasteiger partial charge in [-0.25, -0.2) is 9.59 Å². The van der Waals surface area contributed by atoms with E-state index in [9.17, 15) is 9.59 Å². The molecule has 1 N–H and O–H groups in total. The highest BCUT2D eigenvalue weighted by atomic mass is 16.6. The van der Waals surface area contributed by atoms with Gasteiger partial charge in [0.25, 0.3) is 0 Å². The Kier molecular flexibility index (Phi) is 8.24. The molecule has 0 spiro atoms. The fourth-order valence-electron chi connectivity index (χ4n) is 2.11. The molecular formula is C16H25NO4. The molecule has 21 heavy (non-hydrogen) atoms. The van der Waals surface area contributed by atoms with Crippen molar-refractivity contribution >= 4 is 11.9 Å². The van der Waals surface area contributed by atoms with E-state index in [1.807, 2.05) is 0 Å². The zero-order valence-electron chi connectivity index (χ0n) is 12.9. The number of ether oxygens (including phenoxy) is 2. The van der Waals surface area contributed by atoms with E-state index in [0.29, 0.717) is 0 Å². The summed E-state index contributed by atoms with van der Waals surface area (Å²) in [5.74, 6) is -1.32. The first-order valence-electron chi connectivity index (χ1n) is 7.69. The number of carbonyl (C=O) groups excluding carboxylic acids is 2. The highest BCUT2D eigenvalue weighted by molar-refractivity contribution is 6.13. The Balaban J connectivity index is 2.75. The number of hydrogen-bond acceptors (Lipinski definition) is 5. The highest BCUT2D eigenvalue weighted by Crippen LogP contribution is 2.15. The van der Waals surface area contributed by atoms with Gasteiger partial charge in [0.15, 0.2) is 5.57 Å². The van der Waals surface area contributed by atoms with Crippen LogP contribution in [0.25, 0.3) is 0 Å². The summed E-state index contributed by atoms with van der Waals surface area (Å²) in [4.78, 5) is 23.6. The van der Waals surface area contributed by atoms with E-state index in [1.54, 1.807) is 13.8 Å². The van der Waals surface area contributed by atoms with Crippen molar-refractivity contribution in [2.75, 3.05) is 13.2 Å². The van der Waals surface area contributed by atoms with Gasteiger partial charge < -0.3 is 14.8 Å². The summed E-state index contributed by atoms with van der Waals surface area (Å²) >= 11 is 0. The van der Waals surface area contributed by atoms with Gasteiger partial charge in [-0.05, 0) is 39.5 Å². The Labute approximate surface area is 126 Å². The average molecular weight is 295 g/mol. The highest BCUT2D eigenvalue weighted by Gasteiger charge is 2.21. The minimum absolute atomic E-state index is 0.0957.